The Morgan fingerprint density at radius 3 is 2.40 bits per heavy atom. The van der Waals surface area contributed by atoms with E-state index in [2.05, 4.69) is 32.0 Å². The van der Waals surface area contributed by atoms with Crippen molar-refractivity contribution in [1.29, 1.82) is 0 Å². The summed E-state index contributed by atoms with van der Waals surface area (Å²) in [6, 6.07) is 6.38. The summed E-state index contributed by atoms with van der Waals surface area (Å²) in [5.41, 5.74) is 11.0. The van der Waals surface area contributed by atoms with Gasteiger partial charge >= 0.3 is 0 Å². The second-order valence-corrected chi connectivity index (χ2v) is 6.93. The molecule has 106 valence electrons. The molecule has 0 unspecified atom stereocenters. The Morgan fingerprint density at radius 2 is 1.75 bits per heavy atom. The molecular weight excluding hydrogens is 264 g/mol. The van der Waals surface area contributed by atoms with E-state index in [9.17, 15) is 0 Å². The number of nitrogen functional groups attached to an aromatic ring is 1. The van der Waals surface area contributed by atoms with Crippen molar-refractivity contribution in [3.05, 3.63) is 34.3 Å². The minimum absolute atomic E-state index is 0.633. The second kappa shape index (κ2) is 5.57. The molecule has 1 heterocycles. The van der Waals surface area contributed by atoms with E-state index < -0.39 is 0 Å². The van der Waals surface area contributed by atoms with Crippen molar-refractivity contribution in [1.82, 2.24) is 4.98 Å². The summed E-state index contributed by atoms with van der Waals surface area (Å²) in [4.78, 5) is 4.92. The molecule has 1 aromatic heterocycles. The molecule has 0 spiro atoms. The van der Waals surface area contributed by atoms with Gasteiger partial charge in [0.25, 0.3) is 0 Å². The van der Waals surface area contributed by atoms with E-state index in [0.717, 1.165) is 10.7 Å². The fourth-order valence-corrected chi connectivity index (χ4v) is 4.25. The molecule has 2 nitrogen and oxygen atoms in total. The smallest absolute Gasteiger partial charge is 0.114 e. The largest absolute Gasteiger partial charge is 0.389 e. The second-order valence-electron chi connectivity index (χ2n) is 5.87. The lowest BCUT2D eigenvalue weighted by Gasteiger charge is -2.18. The van der Waals surface area contributed by atoms with Crippen LogP contribution in [0.4, 0.5) is 5.00 Å². The van der Waals surface area contributed by atoms with E-state index in [-0.39, 0.29) is 0 Å². The molecule has 3 rings (SSSR count). The van der Waals surface area contributed by atoms with Gasteiger partial charge in [0, 0.05) is 11.5 Å². The number of nitrogens with zero attached hydrogens (tertiary/aromatic N) is 1. The van der Waals surface area contributed by atoms with Crippen LogP contribution in [0.1, 0.15) is 54.2 Å². The maximum Gasteiger partial charge on any atom is 0.114 e. The molecule has 1 saturated carbocycles. The zero-order chi connectivity index (χ0) is 14.1. The molecule has 20 heavy (non-hydrogen) atoms. The van der Waals surface area contributed by atoms with Gasteiger partial charge in [0.2, 0.25) is 0 Å². The summed E-state index contributed by atoms with van der Waals surface area (Å²) in [5, 5.41) is 2.13. The van der Waals surface area contributed by atoms with Crippen LogP contribution in [0, 0.1) is 13.8 Å². The van der Waals surface area contributed by atoms with Gasteiger partial charge in [-0.3, -0.25) is 0 Å². The van der Waals surface area contributed by atoms with E-state index in [0.29, 0.717) is 5.92 Å². The Bertz CT molecular complexity index is 589. The molecule has 0 bridgehead atoms. The summed E-state index contributed by atoms with van der Waals surface area (Å²) in [6.45, 7) is 4.28. The Labute approximate surface area is 125 Å². The summed E-state index contributed by atoms with van der Waals surface area (Å²) in [5.74, 6) is 0.633. The third-order valence-electron chi connectivity index (χ3n) is 4.34. The lowest BCUT2D eigenvalue weighted by atomic mass is 9.90. The minimum Gasteiger partial charge on any atom is -0.389 e. The first-order valence-electron chi connectivity index (χ1n) is 7.49. The Kier molecular flexibility index (Phi) is 3.79. The van der Waals surface area contributed by atoms with Gasteiger partial charge < -0.3 is 5.73 Å². The SMILES string of the molecule is Cc1cccc(C)c1-c1nc(C2CCCCC2)sc1N. The van der Waals surface area contributed by atoms with E-state index in [4.69, 9.17) is 10.7 Å². The molecule has 2 N–H and O–H groups in total. The molecular formula is C17H22N2S. The van der Waals surface area contributed by atoms with Gasteiger partial charge in [-0.25, -0.2) is 4.98 Å². The standard InChI is InChI=1S/C17H22N2S/c1-11-7-6-8-12(2)14(11)15-16(18)20-17(19-15)13-9-4-3-5-10-13/h6-8,13H,3-5,9-10,18H2,1-2H3. The molecule has 0 amide bonds. The lowest BCUT2D eigenvalue weighted by Crippen LogP contribution is -2.04. The number of aryl methyl sites for hydroxylation is 2. The first-order chi connectivity index (χ1) is 9.66. The first-order valence-corrected chi connectivity index (χ1v) is 8.31. The highest BCUT2D eigenvalue weighted by molar-refractivity contribution is 7.16. The number of hydrogen-bond acceptors (Lipinski definition) is 3. The fraction of sp³-hybridized carbons (Fsp3) is 0.471. The van der Waals surface area contributed by atoms with Crippen LogP contribution in [0.25, 0.3) is 11.3 Å². The summed E-state index contributed by atoms with van der Waals surface area (Å²) < 4.78 is 0. The van der Waals surface area contributed by atoms with E-state index in [1.54, 1.807) is 11.3 Å². The molecule has 1 aliphatic rings. The van der Waals surface area contributed by atoms with Gasteiger partial charge in [-0.05, 0) is 37.8 Å². The first kappa shape index (κ1) is 13.6. The van der Waals surface area contributed by atoms with Crippen LogP contribution in [0.5, 0.6) is 0 Å². The maximum absolute atomic E-state index is 6.27. The van der Waals surface area contributed by atoms with Crippen LogP contribution in [-0.4, -0.2) is 4.98 Å². The Balaban J connectivity index is 2.00. The molecule has 1 aliphatic carbocycles. The third-order valence-corrected chi connectivity index (χ3v) is 5.39. The molecule has 3 heteroatoms. The number of nitrogens with two attached hydrogens (primary N) is 1. The topological polar surface area (TPSA) is 38.9 Å². The predicted molar refractivity (Wildman–Crippen MR) is 87.3 cm³/mol. The highest BCUT2D eigenvalue weighted by Gasteiger charge is 2.22. The Hall–Kier alpha value is -1.35. The van der Waals surface area contributed by atoms with Crippen molar-refractivity contribution in [2.75, 3.05) is 5.73 Å². The van der Waals surface area contributed by atoms with E-state index in [1.165, 1.54) is 53.8 Å². The van der Waals surface area contributed by atoms with Crippen LogP contribution in [0.2, 0.25) is 0 Å². The Morgan fingerprint density at radius 1 is 1.10 bits per heavy atom. The summed E-state index contributed by atoms with van der Waals surface area (Å²) in [6.07, 6.45) is 6.60. The predicted octanol–water partition coefficient (Wildman–Crippen LogP) is 5.06. The molecule has 1 aromatic carbocycles. The average Bonchev–Trinajstić information content (AvgIpc) is 2.82. The molecule has 1 fully saturated rings. The van der Waals surface area contributed by atoms with Crippen molar-refractivity contribution < 1.29 is 0 Å². The van der Waals surface area contributed by atoms with E-state index in [1.807, 2.05) is 0 Å². The van der Waals surface area contributed by atoms with Crippen LogP contribution in [0.15, 0.2) is 18.2 Å². The molecule has 0 saturated heterocycles. The van der Waals surface area contributed by atoms with Gasteiger partial charge in [0.05, 0.1) is 5.01 Å². The molecule has 0 radical (unpaired) electrons. The van der Waals surface area contributed by atoms with Crippen LogP contribution in [-0.2, 0) is 0 Å². The summed E-state index contributed by atoms with van der Waals surface area (Å²) in [7, 11) is 0. The van der Waals surface area contributed by atoms with Crippen molar-refractivity contribution in [3.63, 3.8) is 0 Å². The van der Waals surface area contributed by atoms with Crippen molar-refractivity contribution >= 4 is 16.3 Å². The average molecular weight is 286 g/mol. The zero-order valence-corrected chi connectivity index (χ0v) is 13.1. The van der Waals surface area contributed by atoms with Gasteiger partial charge in [0.1, 0.15) is 10.7 Å². The highest BCUT2D eigenvalue weighted by Crippen LogP contribution is 2.41. The number of hydrogen-bond donors (Lipinski definition) is 1. The molecule has 2 aromatic rings. The van der Waals surface area contributed by atoms with Crippen molar-refractivity contribution in [2.24, 2.45) is 0 Å². The fourth-order valence-electron chi connectivity index (χ4n) is 3.24. The number of thiazole rings is 1. The van der Waals surface area contributed by atoms with Crippen LogP contribution >= 0.6 is 11.3 Å². The lowest BCUT2D eigenvalue weighted by molar-refractivity contribution is 0.442. The molecule has 0 aliphatic heterocycles. The zero-order valence-electron chi connectivity index (χ0n) is 12.3. The third kappa shape index (κ3) is 2.47. The van der Waals surface area contributed by atoms with Crippen LogP contribution in [0.3, 0.4) is 0 Å². The minimum atomic E-state index is 0.633. The van der Waals surface area contributed by atoms with Gasteiger partial charge in [-0.2, -0.15) is 0 Å². The van der Waals surface area contributed by atoms with Crippen LogP contribution < -0.4 is 5.73 Å². The molecule has 0 atom stereocenters. The quantitative estimate of drug-likeness (QED) is 0.838. The van der Waals surface area contributed by atoms with Crippen molar-refractivity contribution in [3.8, 4) is 11.3 Å². The van der Waals surface area contributed by atoms with Gasteiger partial charge in [0.15, 0.2) is 0 Å². The number of aromatic nitrogens is 1. The van der Waals surface area contributed by atoms with Gasteiger partial charge in [-0.15, -0.1) is 11.3 Å². The number of benzene rings is 1. The van der Waals surface area contributed by atoms with E-state index >= 15 is 0 Å². The van der Waals surface area contributed by atoms with Gasteiger partial charge in [-0.1, -0.05) is 37.5 Å². The maximum atomic E-state index is 6.27. The van der Waals surface area contributed by atoms with Crippen molar-refractivity contribution in [2.45, 2.75) is 51.9 Å². The normalized spacial score (nSPS) is 16.5. The monoisotopic (exact) mass is 286 g/mol. The highest BCUT2D eigenvalue weighted by atomic mass is 32.1. The summed E-state index contributed by atoms with van der Waals surface area (Å²) >= 11 is 1.70. The number of anilines is 1. The number of rotatable bonds is 2.